The van der Waals surface area contributed by atoms with Crippen LogP contribution in [0.15, 0.2) is 24.3 Å². The van der Waals surface area contributed by atoms with Gasteiger partial charge < -0.3 is 10.1 Å². The van der Waals surface area contributed by atoms with Crippen molar-refractivity contribution in [3.63, 3.8) is 0 Å². The topological polar surface area (TPSA) is 24.5 Å². The van der Waals surface area contributed by atoms with Gasteiger partial charge in [0.2, 0.25) is 0 Å². The lowest BCUT2D eigenvalue weighted by Gasteiger charge is -2.32. The third-order valence-electron chi connectivity index (χ3n) is 4.08. The number of benzene rings is 1. The van der Waals surface area contributed by atoms with Crippen molar-refractivity contribution in [1.29, 1.82) is 0 Å². The predicted octanol–water partition coefficient (Wildman–Crippen LogP) is 3.43. The zero-order chi connectivity index (χ0) is 15.1. The van der Waals surface area contributed by atoms with Gasteiger partial charge in [-0.15, -0.1) is 0 Å². The molecule has 0 bridgehead atoms. The second-order valence-electron chi connectivity index (χ2n) is 6.10. The molecule has 1 aliphatic rings. The summed E-state index contributed by atoms with van der Waals surface area (Å²) in [6.07, 6.45) is 2.64. The van der Waals surface area contributed by atoms with Crippen LogP contribution in [0.2, 0.25) is 5.02 Å². The summed E-state index contributed by atoms with van der Waals surface area (Å²) in [6.45, 7) is 9.71. The molecule has 4 heteroatoms. The van der Waals surface area contributed by atoms with Gasteiger partial charge in [0, 0.05) is 24.2 Å². The number of rotatable bonds is 7. The van der Waals surface area contributed by atoms with E-state index in [-0.39, 0.29) is 0 Å². The normalized spacial score (nSPS) is 19.2. The molecule has 21 heavy (non-hydrogen) atoms. The Bertz CT molecular complexity index is 402. The van der Waals surface area contributed by atoms with E-state index in [0.717, 1.165) is 42.9 Å². The van der Waals surface area contributed by atoms with Crippen LogP contribution in [0, 0.1) is 5.92 Å². The number of ether oxygens (including phenoxy) is 1. The highest BCUT2D eigenvalue weighted by atomic mass is 35.5. The summed E-state index contributed by atoms with van der Waals surface area (Å²) in [5.41, 5.74) is 0. The van der Waals surface area contributed by atoms with Gasteiger partial charge in [-0.05, 0) is 70.0 Å². The highest BCUT2D eigenvalue weighted by Gasteiger charge is 2.18. The molecule has 1 aromatic rings. The van der Waals surface area contributed by atoms with E-state index in [1.54, 1.807) is 0 Å². The van der Waals surface area contributed by atoms with Crippen molar-refractivity contribution >= 4 is 11.6 Å². The van der Waals surface area contributed by atoms with E-state index in [2.05, 4.69) is 24.1 Å². The lowest BCUT2D eigenvalue weighted by Crippen LogP contribution is -2.42. The fourth-order valence-electron chi connectivity index (χ4n) is 2.78. The highest BCUT2D eigenvalue weighted by Crippen LogP contribution is 2.16. The molecule has 0 spiro atoms. The Morgan fingerprint density at radius 3 is 2.71 bits per heavy atom. The number of halogens is 1. The molecule has 118 valence electrons. The Morgan fingerprint density at radius 2 is 2.10 bits per heavy atom. The molecule has 0 radical (unpaired) electrons. The van der Waals surface area contributed by atoms with Gasteiger partial charge in [-0.1, -0.05) is 11.6 Å². The molecule has 0 aromatic heterocycles. The fraction of sp³-hybridized carbons (Fsp3) is 0.647. The molecular weight excluding hydrogens is 284 g/mol. The van der Waals surface area contributed by atoms with E-state index >= 15 is 0 Å². The summed E-state index contributed by atoms with van der Waals surface area (Å²) in [4.78, 5) is 2.52. The largest absolute Gasteiger partial charge is 0.492 e. The Kier molecular flexibility index (Phi) is 6.81. The maximum absolute atomic E-state index is 5.88. The van der Waals surface area contributed by atoms with Crippen molar-refractivity contribution in [2.24, 2.45) is 5.92 Å². The third kappa shape index (κ3) is 5.85. The highest BCUT2D eigenvalue weighted by molar-refractivity contribution is 6.30. The maximum Gasteiger partial charge on any atom is 0.119 e. The van der Waals surface area contributed by atoms with Crippen LogP contribution < -0.4 is 10.1 Å². The predicted molar refractivity (Wildman–Crippen MR) is 89.2 cm³/mol. The summed E-state index contributed by atoms with van der Waals surface area (Å²) in [7, 11) is 0. The molecule has 1 unspecified atom stereocenters. The Hall–Kier alpha value is -0.770. The summed E-state index contributed by atoms with van der Waals surface area (Å²) >= 11 is 5.88. The van der Waals surface area contributed by atoms with Crippen molar-refractivity contribution in [1.82, 2.24) is 10.2 Å². The molecular formula is C17H27ClN2O. The van der Waals surface area contributed by atoms with E-state index in [9.17, 15) is 0 Å². The first-order chi connectivity index (χ1) is 10.1. The first-order valence-electron chi connectivity index (χ1n) is 7.98. The number of nitrogens with zero attached hydrogens (tertiary/aromatic N) is 1. The van der Waals surface area contributed by atoms with E-state index < -0.39 is 0 Å². The van der Waals surface area contributed by atoms with Crippen LogP contribution in [0.3, 0.4) is 0 Å². The van der Waals surface area contributed by atoms with Gasteiger partial charge >= 0.3 is 0 Å². The molecule has 1 aliphatic heterocycles. The zero-order valence-electron chi connectivity index (χ0n) is 13.1. The first-order valence-corrected chi connectivity index (χ1v) is 8.36. The SMILES string of the molecule is CC(C)N(CCOc1ccc(Cl)cc1)CC1CCCNC1. The van der Waals surface area contributed by atoms with E-state index in [1.165, 1.54) is 19.4 Å². The monoisotopic (exact) mass is 310 g/mol. The summed E-state index contributed by atoms with van der Waals surface area (Å²) in [5, 5.41) is 4.24. The van der Waals surface area contributed by atoms with Gasteiger partial charge in [-0.25, -0.2) is 0 Å². The van der Waals surface area contributed by atoms with E-state index in [1.807, 2.05) is 24.3 Å². The first kappa shape index (κ1) is 16.6. The fourth-order valence-corrected chi connectivity index (χ4v) is 2.91. The van der Waals surface area contributed by atoms with Crippen LogP contribution >= 0.6 is 11.6 Å². The van der Waals surface area contributed by atoms with Crippen LogP contribution in [0.1, 0.15) is 26.7 Å². The summed E-state index contributed by atoms with van der Waals surface area (Å²) in [6, 6.07) is 8.14. The molecule has 1 atom stereocenters. The Labute approximate surface area is 133 Å². The van der Waals surface area contributed by atoms with Crippen LogP contribution in [-0.4, -0.2) is 43.7 Å². The van der Waals surface area contributed by atoms with Crippen molar-refractivity contribution in [2.45, 2.75) is 32.7 Å². The van der Waals surface area contributed by atoms with Crippen molar-refractivity contribution in [3.8, 4) is 5.75 Å². The molecule has 0 saturated carbocycles. The van der Waals surface area contributed by atoms with E-state index in [0.29, 0.717) is 6.04 Å². The van der Waals surface area contributed by atoms with Gasteiger partial charge in [-0.2, -0.15) is 0 Å². The standard InChI is InChI=1S/C17H27ClN2O/c1-14(2)20(13-15-4-3-9-19-12-15)10-11-21-17-7-5-16(18)6-8-17/h5-8,14-15,19H,3-4,9-13H2,1-2H3. The second-order valence-corrected chi connectivity index (χ2v) is 6.54. The number of hydrogen-bond acceptors (Lipinski definition) is 3. The molecule has 1 saturated heterocycles. The van der Waals surface area contributed by atoms with Crippen LogP contribution in [0.4, 0.5) is 0 Å². The molecule has 2 rings (SSSR count). The lowest BCUT2D eigenvalue weighted by molar-refractivity contribution is 0.143. The van der Waals surface area contributed by atoms with E-state index in [4.69, 9.17) is 16.3 Å². The van der Waals surface area contributed by atoms with Gasteiger partial charge in [-0.3, -0.25) is 4.90 Å². The lowest BCUT2D eigenvalue weighted by atomic mass is 9.98. The van der Waals surface area contributed by atoms with Gasteiger partial charge in [0.1, 0.15) is 12.4 Å². The quantitative estimate of drug-likeness (QED) is 0.835. The zero-order valence-corrected chi connectivity index (χ0v) is 13.9. The molecule has 0 amide bonds. The average molecular weight is 311 g/mol. The van der Waals surface area contributed by atoms with Crippen LogP contribution in [0.5, 0.6) is 5.75 Å². The minimum Gasteiger partial charge on any atom is -0.492 e. The molecule has 1 fully saturated rings. The van der Waals surface area contributed by atoms with Gasteiger partial charge in [0.05, 0.1) is 0 Å². The third-order valence-corrected chi connectivity index (χ3v) is 4.33. The Balaban J connectivity index is 1.75. The average Bonchev–Trinajstić information content (AvgIpc) is 2.49. The minimum atomic E-state index is 0.556. The summed E-state index contributed by atoms with van der Waals surface area (Å²) < 4.78 is 5.81. The summed E-state index contributed by atoms with van der Waals surface area (Å²) in [5.74, 6) is 1.67. The number of nitrogens with one attached hydrogen (secondary N) is 1. The van der Waals surface area contributed by atoms with Crippen LogP contribution in [-0.2, 0) is 0 Å². The smallest absolute Gasteiger partial charge is 0.119 e. The second kappa shape index (κ2) is 8.62. The van der Waals surface area contributed by atoms with Crippen molar-refractivity contribution in [3.05, 3.63) is 29.3 Å². The maximum atomic E-state index is 5.88. The molecule has 0 aliphatic carbocycles. The van der Waals surface area contributed by atoms with Gasteiger partial charge in [0.25, 0.3) is 0 Å². The van der Waals surface area contributed by atoms with Crippen molar-refractivity contribution < 1.29 is 4.74 Å². The van der Waals surface area contributed by atoms with Crippen LogP contribution in [0.25, 0.3) is 0 Å². The molecule has 1 aromatic carbocycles. The molecule has 1 heterocycles. The molecule has 3 nitrogen and oxygen atoms in total. The van der Waals surface area contributed by atoms with Crippen molar-refractivity contribution in [2.75, 3.05) is 32.8 Å². The number of piperidine rings is 1. The number of hydrogen-bond donors (Lipinski definition) is 1. The minimum absolute atomic E-state index is 0.556. The van der Waals surface area contributed by atoms with Gasteiger partial charge in [0.15, 0.2) is 0 Å². The Morgan fingerprint density at radius 1 is 1.33 bits per heavy atom. The molecule has 1 N–H and O–H groups in total.